The van der Waals surface area contributed by atoms with Crippen molar-refractivity contribution in [3.8, 4) is 0 Å². The molecule has 0 atom stereocenters. The van der Waals surface area contributed by atoms with E-state index < -0.39 is 10.1 Å². The van der Waals surface area contributed by atoms with Crippen LogP contribution in [0.15, 0.2) is 12.4 Å². The summed E-state index contributed by atoms with van der Waals surface area (Å²) in [6.07, 6.45) is 4.05. The van der Waals surface area contributed by atoms with Crippen molar-refractivity contribution in [1.82, 2.24) is 9.80 Å². The monoisotopic (exact) mass is 369 g/mol. The zero-order valence-corrected chi connectivity index (χ0v) is 14.1. The van der Waals surface area contributed by atoms with Crippen LogP contribution in [0, 0.1) is 6.67 Å². The van der Waals surface area contributed by atoms with Crippen LogP contribution in [-0.2, 0) is 32.5 Å². The van der Waals surface area contributed by atoms with E-state index in [4.69, 9.17) is 0 Å². The Balaban J connectivity index is -0.000000563. The van der Waals surface area contributed by atoms with E-state index in [9.17, 15) is 13.0 Å². The number of halogens is 1. The second kappa shape index (κ2) is 10.2. The zero-order valence-electron chi connectivity index (χ0n) is 9.06. The normalized spacial score (nSPS) is 13.9. The predicted molar refractivity (Wildman–Crippen MR) is 47.1 cm³/mol. The van der Waals surface area contributed by atoms with Gasteiger partial charge in [-0.3, -0.25) is 0 Å². The first-order valence-electron chi connectivity index (χ1n) is 3.92. The van der Waals surface area contributed by atoms with Crippen molar-refractivity contribution in [3.05, 3.63) is 19.1 Å². The standard InChI is InChI=1S/C7H13N2O3S.Ag.ClH.Na/c1-8-4-5-9(7-8)3-2-6-13(10,11)12;;;/h4-5,7H,2-3,6H2,1H3,(H,10,11,12);;1H;/q;+1;;+1/p-2. The first-order valence-corrected chi connectivity index (χ1v) is 5.50. The predicted octanol–water partition coefficient (Wildman–Crippen LogP) is -6.23. The molecule has 0 aromatic heterocycles. The molecule has 0 amide bonds. The Morgan fingerprint density at radius 1 is 1.31 bits per heavy atom. The molecule has 1 radical (unpaired) electrons. The molecule has 0 aromatic carbocycles. The summed E-state index contributed by atoms with van der Waals surface area (Å²) in [7, 11) is -2.18. The molecule has 1 aliphatic rings. The fourth-order valence-electron chi connectivity index (χ4n) is 1.06. The summed E-state index contributed by atoms with van der Waals surface area (Å²) in [5, 5.41) is 0. The van der Waals surface area contributed by atoms with Gasteiger partial charge in [-0.25, -0.2) is 8.42 Å². The Bertz CT molecular complexity index is 302. The van der Waals surface area contributed by atoms with Crippen LogP contribution in [-0.4, -0.2) is 42.1 Å². The average Bonchev–Trinajstić information content (AvgIpc) is 2.33. The van der Waals surface area contributed by atoms with E-state index in [0.29, 0.717) is 13.0 Å². The van der Waals surface area contributed by atoms with Gasteiger partial charge in [0.25, 0.3) is 0 Å². The van der Waals surface area contributed by atoms with Crippen LogP contribution in [0.2, 0.25) is 0 Å². The minimum atomic E-state index is -4.06. The van der Waals surface area contributed by atoms with Gasteiger partial charge in [0.05, 0.1) is 10.1 Å². The number of nitrogens with zero attached hydrogens (tertiary/aromatic N) is 2. The van der Waals surface area contributed by atoms with Gasteiger partial charge in [-0.2, -0.15) is 0 Å². The molecule has 0 fully saturated rings. The molecule has 9 heteroatoms. The number of hydrogen-bond donors (Lipinski definition) is 0. The molecule has 0 aromatic rings. The Labute approximate surface area is 141 Å². The average molecular weight is 371 g/mol. The number of hydrogen-bond acceptors (Lipinski definition) is 5. The van der Waals surface area contributed by atoms with E-state index >= 15 is 0 Å². The summed E-state index contributed by atoms with van der Waals surface area (Å²) >= 11 is 0. The molecule has 5 nitrogen and oxygen atoms in total. The topological polar surface area (TPSA) is 63.7 Å². The second-order valence-electron chi connectivity index (χ2n) is 2.93. The van der Waals surface area contributed by atoms with Crippen LogP contribution >= 0.6 is 0 Å². The van der Waals surface area contributed by atoms with Crippen LogP contribution < -0.4 is 42.0 Å². The summed E-state index contributed by atoms with van der Waals surface area (Å²) in [5.41, 5.74) is 0. The van der Waals surface area contributed by atoms with Gasteiger partial charge in [0.2, 0.25) is 0 Å². The Morgan fingerprint density at radius 3 is 2.25 bits per heavy atom. The van der Waals surface area contributed by atoms with Crippen LogP contribution in [0.5, 0.6) is 0 Å². The van der Waals surface area contributed by atoms with Gasteiger partial charge < -0.3 is 26.8 Å². The summed E-state index contributed by atoms with van der Waals surface area (Å²) in [4.78, 5) is 3.69. The molecule has 0 bridgehead atoms. The molecular formula is C7H12AgClN2NaO3S. The fourth-order valence-corrected chi connectivity index (χ4v) is 1.54. The smallest absolute Gasteiger partial charge is 1.00 e. The first kappa shape index (κ1) is 22.5. The van der Waals surface area contributed by atoms with Gasteiger partial charge in [0.15, 0.2) is 0 Å². The summed E-state index contributed by atoms with van der Waals surface area (Å²) in [6, 6.07) is 0. The van der Waals surface area contributed by atoms with Gasteiger partial charge in [0, 0.05) is 31.7 Å². The number of rotatable bonds is 4. The van der Waals surface area contributed by atoms with Gasteiger partial charge in [-0.1, -0.05) is 0 Å². The molecule has 1 aliphatic heterocycles. The van der Waals surface area contributed by atoms with E-state index in [-0.39, 0.29) is 70.1 Å². The Morgan fingerprint density at radius 2 is 1.88 bits per heavy atom. The molecule has 16 heavy (non-hydrogen) atoms. The minimum absolute atomic E-state index is 0. The van der Waals surface area contributed by atoms with Crippen molar-refractivity contribution in [1.29, 1.82) is 0 Å². The summed E-state index contributed by atoms with van der Waals surface area (Å²) in [5.74, 6) is -0.297. The van der Waals surface area contributed by atoms with Crippen LogP contribution in [0.3, 0.4) is 0 Å². The van der Waals surface area contributed by atoms with Gasteiger partial charge >= 0.3 is 51.9 Å². The molecule has 0 spiro atoms. The molecule has 1 rings (SSSR count). The molecule has 0 saturated heterocycles. The maximum Gasteiger partial charge on any atom is 1.00 e. The van der Waals surface area contributed by atoms with E-state index in [1.54, 1.807) is 0 Å². The quantitative estimate of drug-likeness (QED) is 0.364. The molecular weight excluding hydrogens is 358 g/mol. The fraction of sp³-hybridized carbons (Fsp3) is 0.571. The third-order valence-corrected chi connectivity index (χ3v) is 2.42. The van der Waals surface area contributed by atoms with Crippen LogP contribution in [0.1, 0.15) is 6.42 Å². The molecule has 0 saturated carbocycles. The molecule has 0 unspecified atom stereocenters. The second-order valence-corrected chi connectivity index (χ2v) is 4.46. The van der Waals surface area contributed by atoms with Crippen molar-refractivity contribution >= 4 is 10.1 Å². The molecule has 0 N–H and O–H groups in total. The van der Waals surface area contributed by atoms with E-state index in [0.717, 1.165) is 0 Å². The van der Waals surface area contributed by atoms with Gasteiger partial charge in [-0.05, 0) is 6.42 Å². The maximum atomic E-state index is 10.3. The van der Waals surface area contributed by atoms with E-state index in [1.807, 2.05) is 35.9 Å². The Kier molecular flexibility index (Phi) is 14.4. The maximum absolute atomic E-state index is 10.3. The third-order valence-electron chi connectivity index (χ3n) is 1.63. The van der Waals surface area contributed by atoms with Gasteiger partial charge in [-0.15, -0.1) is 0 Å². The van der Waals surface area contributed by atoms with Crippen molar-refractivity contribution in [2.45, 2.75) is 6.42 Å². The zero-order chi connectivity index (χ0) is 9.90. The van der Waals surface area contributed by atoms with Crippen molar-refractivity contribution in [3.63, 3.8) is 0 Å². The third kappa shape index (κ3) is 10.4. The van der Waals surface area contributed by atoms with Crippen LogP contribution in [0.4, 0.5) is 0 Å². The van der Waals surface area contributed by atoms with E-state index in [2.05, 4.69) is 0 Å². The summed E-state index contributed by atoms with van der Waals surface area (Å²) in [6.45, 7) is 2.39. The SMILES string of the molecule is CN1[CH]N(CCCS(=O)(=O)[O-])C=C1.[Ag+].[Cl-].[Na+]. The van der Waals surface area contributed by atoms with Crippen molar-refractivity contribution < 1.29 is 77.3 Å². The molecule has 1 heterocycles. The van der Waals surface area contributed by atoms with Crippen molar-refractivity contribution in [2.75, 3.05) is 19.3 Å². The minimum Gasteiger partial charge on any atom is -1.00 e. The summed E-state index contributed by atoms with van der Waals surface area (Å²) < 4.78 is 30.8. The van der Waals surface area contributed by atoms with Crippen molar-refractivity contribution in [2.24, 2.45) is 0 Å². The largest absolute Gasteiger partial charge is 1.00 e. The molecule has 93 valence electrons. The molecule has 0 aliphatic carbocycles. The van der Waals surface area contributed by atoms with Crippen LogP contribution in [0.25, 0.3) is 0 Å². The first-order chi connectivity index (χ1) is 5.97. The Hall–Kier alpha value is 1.28. The van der Waals surface area contributed by atoms with Gasteiger partial charge in [0.1, 0.15) is 6.67 Å². The van der Waals surface area contributed by atoms with E-state index in [1.165, 1.54) is 0 Å².